The van der Waals surface area contributed by atoms with Crippen molar-refractivity contribution in [1.82, 2.24) is 0 Å². The molecular weight excluding hydrogens is 192 g/mol. The van der Waals surface area contributed by atoms with Crippen LogP contribution in [0.15, 0.2) is 0 Å². The van der Waals surface area contributed by atoms with Crippen LogP contribution in [0.3, 0.4) is 0 Å². The molecule has 0 aromatic carbocycles. The van der Waals surface area contributed by atoms with Crippen molar-refractivity contribution in [1.29, 1.82) is 0 Å². The standard InChI is InChI=1S/C5H12O.C4H10O.C3H8O/c1-5(2)3-4-6;1-4(2)3-5;1-3(2)4/h5-6H,3-4H2,1-2H3;4-5H,3H2,1-2H3;3-4H,1-2H3. The van der Waals surface area contributed by atoms with Crippen LogP contribution >= 0.6 is 0 Å². The Bertz CT molecular complexity index is 88.1. The van der Waals surface area contributed by atoms with Gasteiger partial charge in [0.05, 0.1) is 0 Å². The van der Waals surface area contributed by atoms with E-state index in [4.69, 9.17) is 15.3 Å². The predicted molar refractivity (Wildman–Crippen MR) is 65.8 cm³/mol. The zero-order chi connectivity index (χ0) is 12.9. The second-order valence-electron chi connectivity index (χ2n) is 4.58. The van der Waals surface area contributed by atoms with Gasteiger partial charge in [0.1, 0.15) is 0 Å². The fourth-order valence-corrected chi connectivity index (χ4v) is 0.258. The summed E-state index contributed by atoms with van der Waals surface area (Å²) >= 11 is 0. The predicted octanol–water partition coefficient (Wildman–Crippen LogP) is 2.05. The van der Waals surface area contributed by atoms with E-state index in [0.29, 0.717) is 25.0 Å². The summed E-state index contributed by atoms with van der Waals surface area (Å²) < 4.78 is 0. The third-order valence-corrected chi connectivity index (χ3v) is 1.07. The highest BCUT2D eigenvalue weighted by Gasteiger charge is 1.86. The first-order valence-corrected chi connectivity index (χ1v) is 5.67. The SMILES string of the molecule is CC(C)CCO.CC(C)CO.CC(C)O. The lowest BCUT2D eigenvalue weighted by molar-refractivity contribution is 0.216. The van der Waals surface area contributed by atoms with Crippen LogP contribution in [0.5, 0.6) is 0 Å². The summed E-state index contributed by atoms with van der Waals surface area (Å²) in [4.78, 5) is 0. The van der Waals surface area contributed by atoms with Crippen LogP contribution in [0.25, 0.3) is 0 Å². The van der Waals surface area contributed by atoms with Gasteiger partial charge >= 0.3 is 0 Å². The second kappa shape index (κ2) is 16.3. The third kappa shape index (κ3) is 82.3. The number of aliphatic hydroxyl groups is 3. The lowest BCUT2D eigenvalue weighted by Crippen LogP contribution is -1.90. The van der Waals surface area contributed by atoms with Crippen molar-refractivity contribution < 1.29 is 15.3 Å². The molecule has 0 radical (unpaired) electrons. The van der Waals surface area contributed by atoms with Gasteiger partial charge in [-0.15, -0.1) is 0 Å². The van der Waals surface area contributed by atoms with Gasteiger partial charge in [-0.05, 0) is 32.1 Å². The van der Waals surface area contributed by atoms with Gasteiger partial charge in [-0.2, -0.15) is 0 Å². The first kappa shape index (κ1) is 20.3. The minimum atomic E-state index is -0.167. The highest BCUT2D eigenvalue weighted by molar-refractivity contribution is 4.38. The van der Waals surface area contributed by atoms with E-state index >= 15 is 0 Å². The Morgan fingerprint density at radius 3 is 1.07 bits per heavy atom. The molecule has 0 unspecified atom stereocenters. The van der Waals surface area contributed by atoms with Crippen LogP contribution in [0.1, 0.15) is 48.0 Å². The average Bonchev–Trinajstić information content (AvgIpc) is 2.03. The van der Waals surface area contributed by atoms with Crippen molar-refractivity contribution in [3.8, 4) is 0 Å². The molecule has 0 amide bonds. The monoisotopic (exact) mass is 222 g/mol. The van der Waals surface area contributed by atoms with Gasteiger partial charge < -0.3 is 15.3 Å². The van der Waals surface area contributed by atoms with E-state index in [1.54, 1.807) is 13.8 Å². The second-order valence-corrected chi connectivity index (χ2v) is 4.58. The van der Waals surface area contributed by atoms with Gasteiger partial charge in [0, 0.05) is 19.3 Å². The van der Waals surface area contributed by atoms with Crippen LogP contribution in [0, 0.1) is 11.8 Å². The van der Waals surface area contributed by atoms with Crippen LogP contribution in [0.4, 0.5) is 0 Å². The maximum atomic E-state index is 8.24. The van der Waals surface area contributed by atoms with E-state index in [1.807, 2.05) is 13.8 Å². The van der Waals surface area contributed by atoms with Crippen LogP contribution in [0.2, 0.25) is 0 Å². The Labute approximate surface area is 95.1 Å². The molecule has 3 N–H and O–H groups in total. The molecule has 0 aromatic rings. The molecule has 0 heterocycles. The highest BCUT2D eigenvalue weighted by atomic mass is 16.3. The molecule has 96 valence electrons. The van der Waals surface area contributed by atoms with Gasteiger partial charge in [-0.3, -0.25) is 0 Å². The highest BCUT2D eigenvalue weighted by Crippen LogP contribution is 1.94. The Hall–Kier alpha value is -0.120. The summed E-state index contributed by atoms with van der Waals surface area (Å²) in [5.74, 6) is 1.09. The van der Waals surface area contributed by atoms with Crippen molar-refractivity contribution in [3.63, 3.8) is 0 Å². The van der Waals surface area contributed by atoms with E-state index in [-0.39, 0.29) is 6.10 Å². The summed E-state index contributed by atoms with van der Waals surface area (Å²) in [6.45, 7) is 12.2. The number of hydrogen-bond donors (Lipinski definition) is 3. The maximum absolute atomic E-state index is 8.24. The summed E-state index contributed by atoms with van der Waals surface area (Å²) in [6.07, 6.45) is 0.764. The topological polar surface area (TPSA) is 60.7 Å². The van der Waals surface area contributed by atoms with Gasteiger partial charge in [0.2, 0.25) is 0 Å². The zero-order valence-electron chi connectivity index (χ0n) is 11.2. The Kier molecular flexibility index (Phi) is 22.1. The molecule has 3 heteroatoms. The number of hydrogen-bond acceptors (Lipinski definition) is 3. The van der Waals surface area contributed by atoms with Crippen molar-refractivity contribution in [2.24, 2.45) is 11.8 Å². The lowest BCUT2D eigenvalue weighted by Gasteiger charge is -1.95. The van der Waals surface area contributed by atoms with Crippen molar-refractivity contribution in [2.75, 3.05) is 13.2 Å². The molecule has 0 aliphatic carbocycles. The van der Waals surface area contributed by atoms with E-state index in [0.717, 1.165) is 6.42 Å². The molecule has 0 saturated carbocycles. The minimum Gasteiger partial charge on any atom is -0.396 e. The van der Waals surface area contributed by atoms with Crippen LogP contribution < -0.4 is 0 Å². The van der Waals surface area contributed by atoms with E-state index in [9.17, 15) is 0 Å². The van der Waals surface area contributed by atoms with Gasteiger partial charge in [-0.25, -0.2) is 0 Å². The quantitative estimate of drug-likeness (QED) is 0.685. The molecule has 0 saturated heterocycles. The lowest BCUT2D eigenvalue weighted by atomic mass is 10.2. The first-order chi connectivity index (χ1) is 6.77. The van der Waals surface area contributed by atoms with E-state index < -0.39 is 0 Å². The first-order valence-electron chi connectivity index (χ1n) is 5.67. The van der Waals surface area contributed by atoms with Crippen molar-refractivity contribution >= 4 is 0 Å². The Morgan fingerprint density at radius 2 is 1.07 bits per heavy atom. The Balaban J connectivity index is -0.000000147. The van der Waals surface area contributed by atoms with Crippen LogP contribution in [-0.2, 0) is 0 Å². The summed E-state index contributed by atoms with van der Waals surface area (Å²) in [5.41, 5.74) is 0. The molecule has 0 aliphatic heterocycles. The smallest absolute Gasteiger partial charge is 0.0483 e. The van der Waals surface area contributed by atoms with Gasteiger partial charge in [-0.1, -0.05) is 27.7 Å². The van der Waals surface area contributed by atoms with Gasteiger partial charge in [0.25, 0.3) is 0 Å². The molecule has 3 nitrogen and oxygen atoms in total. The van der Waals surface area contributed by atoms with Crippen molar-refractivity contribution in [2.45, 2.75) is 54.1 Å². The third-order valence-electron chi connectivity index (χ3n) is 1.07. The molecule has 0 fully saturated rings. The minimum absolute atomic E-state index is 0.167. The molecule has 0 aromatic heterocycles. The summed E-state index contributed by atoms with van der Waals surface area (Å²) in [5, 5.41) is 24.4. The average molecular weight is 222 g/mol. The molecule has 0 aliphatic rings. The molecule has 0 spiro atoms. The zero-order valence-corrected chi connectivity index (χ0v) is 11.2. The molecule has 0 bridgehead atoms. The molecule has 15 heavy (non-hydrogen) atoms. The van der Waals surface area contributed by atoms with Crippen LogP contribution in [-0.4, -0.2) is 34.6 Å². The Morgan fingerprint density at radius 1 is 0.800 bits per heavy atom. The summed E-state index contributed by atoms with van der Waals surface area (Å²) in [7, 11) is 0. The normalized spacial score (nSPS) is 9.60. The van der Waals surface area contributed by atoms with E-state index in [2.05, 4.69) is 13.8 Å². The maximum Gasteiger partial charge on any atom is 0.0483 e. The fourth-order valence-electron chi connectivity index (χ4n) is 0.258. The molecule has 0 rings (SSSR count). The molecular formula is C12H30O3. The largest absolute Gasteiger partial charge is 0.396 e. The number of aliphatic hydroxyl groups excluding tert-OH is 3. The van der Waals surface area contributed by atoms with Gasteiger partial charge in [0.15, 0.2) is 0 Å². The van der Waals surface area contributed by atoms with E-state index in [1.165, 1.54) is 0 Å². The molecule has 0 atom stereocenters. The summed E-state index contributed by atoms with van der Waals surface area (Å²) in [6, 6.07) is 0. The van der Waals surface area contributed by atoms with Crippen molar-refractivity contribution in [3.05, 3.63) is 0 Å². The number of rotatable bonds is 3. The fraction of sp³-hybridized carbons (Fsp3) is 1.00.